The SMILES string of the molecule is [2H]C([2H])([2H])C1=NC2OC3=C([C@H]4CC5=C(CN4)C[C@H](C([2H])([2H])C(C)(C)C)S5)CCCC3C2C=C1. The number of hydrogen-bond acceptors (Lipinski definition) is 4. The standard InChI is InChI=1S/C24H34N2OS/c1-14-8-9-18-17-6-5-7-19(22(17)27-23(18)26-14)20-11-21-15(13-25-20)10-16(28-21)12-24(2,3)4/h8-9,16-18,20,23,25H,5-7,10-13H2,1-4H3/t16-,17?,18?,20-,23?/m1/s1/i1D3,12D2. The Morgan fingerprint density at radius 3 is 3.11 bits per heavy atom. The van der Waals surface area contributed by atoms with Crippen LogP contribution in [0.25, 0.3) is 0 Å². The van der Waals surface area contributed by atoms with Crippen molar-refractivity contribution in [1.82, 2.24) is 5.32 Å². The summed E-state index contributed by atoms with van der Waals surface area (Å²) in [6, 6.07) is 0.198. The van der Waals surface area contributed by atoms with E-state index in [2.05, 4.69) is 10.3 Å². The summed E-state index contributed by atoms with van der Waals surface area (Å²) < 4.78 is 46.9. The monoisotopic (exact) mass is 403 g/mol. The van der Waals surface area contributed by atoms with Crippen molar-refractivity contribution >= 4 is 17.5 Å². The molecule has 3 nitrogen and oxygen atoms in total. The van der Waals surface area contributed by atoms with Gasteiger partial charge in [-0.15, -0.1) is 11.8 Å². The molecular weight excluding hydrogens is 364 g/mol. The first-order valence-corrected chi connectivity index (χ1v) is 11.5. The molecule has 28 heavy (non-hydrogen) atoms. The van der Waals surface area contributed by atoms with Crippen LogP contribution in [0, 0.1) is 17.3 Å². The fourth-order valence-corrected chi connectivity index (χ4v) is 6.95. The normalized spacial score (nSPS) is 41.0. The van der Waals surface area contributed by atoms with E-state index in [-0.39, 0.29) is 28.8 Å². The predicted molar refractivity (Wildman–Crippen MR) is 118 cm³/mol. The molecule has 5 atom stereocenters. The van der Waals surface area contributed by atoms with Gasteiger partial charge in [-0.2, -0.15) is 0 Å². The van der Waals surface area contributed by atoms with Crippen LogP contribution in [0.1, 0.15) is 73.0 Å². The molecule has 1 fully saturated rings. The Morgan fingerprint density at radius 1 is 1.39 bits per heavy atom. The first kappa shape index (κ1) is 14.1. The lowest BCUT2D eigenvalue weighted by molar-refractivity contribution is 0.146. The summed E-state index contributed by atoms with van der Waals surface area (Å²) in [6.45, 7) is 4.57. The van der Waals surface area contributed by atoms with Crippen molar-refractivity contribution in [3.63, 3.8) is 0 Å². The van der Waals surface area contributed by atoms with Crippen LogP contribution in [0.4, 0.5) is 0 Å². The third-order valence-corrected chi connectivity index (χ3v) is 7.78. The number of hydrogen-bond donors (Lipinski definition) is 1. The third kappa shape index (κ3) is 3.52. The maximum absolute atomic E-state index is 8.73. The molecule has 0 amide bonds. The summed E-state index contributed by atoms with van der Waals surface area (Å²) in [5.74, 6) is 1.42. The molecule has 1 saturated heterocycles. The van der Waals surface area contributed by atoms with Gasteiger partial charge in [-0.25, -0.2) is 4.99 Å². The summed E-state index contributed by atoms with van der Waals surface area (Å²) in [5, 5.41) is 3.68. The zero-order valence-corrected chi connectivity index (χ0v) is 17.9. The van der Waals surface area contributed by atoms with E-state index in [9.17, 15) is 0 Å². The Hall–Kier alpha value is -1.00. The second-order valence-corrected chi connectivity index (χ2v) is 11.0. The quantitative estimate of drug-likeness (QED) is 0.651. The Bertz CT molecular complexity index is 959. The van der Waals surface area contributed by atoms with Crippen LogP contribution in [0.5, 0.6) is 0 Å². The van der Waals surface area contributed by atoms with E-state index in [0.717, 1.165) is 44.4 Å². The predicted octanol–water partition coefficient (Wildman–Crippen LogP) is 5.60. The van der Waals surface area contributed by atoms with Crippen molar-refractivity contribution in [2.24, 2.45) is 22.2 Å². The van der Waals surface area contributed by atoms with E-state index in [0.29, 0.717) is 0 Å². The average Bonchev–Trinajstić information content (AvgIpc) is 3.32. The van der Waals surface area contributed by atoms with Crippen LogP contribution in [0.15, 0.2) is 39.0 Å². The second-order valence-electron chi connectivity index (χ2n) is 9.72. The summed E-state index contributed by atoms with van der Waals surface area (Å²) in [6.07, 6.45) is 6.85. The Morgan fingerprint density at radius 2 is 2.29 bits per heavy atom. The molecule has 1 aliphatic carbocycles. The highest BCUT2D eigenvalue weighted by atomic mass is 32.2. The van der Waals surface area contributed by atoms with E-state index < -0.39 is 24.9 Å². The van der Waals surface area contributed by atoms with E-state index in [1.54, 1.807) is 17.8 Å². The van der Waals surface area contributed by atoms with Gasteiger partial charge in [0.25, 0.3) is 0 Å². The number of thioether (sulfide) groups is 1. The van der Waals surface area contributed by atoms with Gasteiger partial charge in [-0.3, -0.25) is 0 Å². The number of nitrogens with one attached hydrogen (secondary N) is 1. The molecule has 0 radical (unpaired) electrons. The molecule has 0 aromatic heterocycles. The van der Waals surface area contributed by atoms with Crippen LogP contribution < -0.4 is 5.32 Å². The number of aliphatic imine (C=N–C) groups is 1. The van der Waals surface area contributed by atoms with E-state index in [1.165, 1.54) is 16.1 Å². The van der Waals surface area contributed by atoms with Gasteiger partial charge in [0.1, 0.15) is 5.76 Å². The maximum Gasteiger partial charge on any atom is 0.196 e. The lowest BCUT2D eigenvalue weighted by Crippen LogP contribution is -2.38. The van der Waals surface area contributed by atoms with E-state index >= 15 is 0 Å². The zero-order valence-electron chi connectivity index (χ0n) is 22.0. The molecule has 1 N–H and O–H groups in total. The van der Waals surface area contributed by atoms with Gasteiger partial charge < -0.3 is 10.1 Å². The summed E-state index contributed by atoms with van der Waals surface area (Å²) in [7, 11) is 0. The third-order valence-electron chi connectivity index (χ3n) is 6.48. The van der Waals surface area contributed by atoms with Gasteiger partial charge in [0.2, 0.25) is 0 Å². The highest BCUT2D eigenvalue weighted by Gasteiger charge is 2.45. The first-order chi connectivity index (χ1) is 15.4. The van der Waals surface area contributed by atoms with Crippen molar-refractivity contribution in [2.45, 2.75) is 83.6 Å². The summed E-state index contributed by atoms with van der Waals surface area (Å²) in [5.41, 5.74) is 2.41. The average molecular weight is 404 g/mol. The molecule has 0 aromatic rings. The minimum Gasteiger partial charge on any atom is -0.472 e. The van der Waals surface area contributed by atoms with Gasteiger partial charge in [-0.1, -0.05) is 26.8 Å². The fraction of sp³-hybridized carbons (Fsp3) is 0.708. The van der Waals surface area contributed by atoms with Crippen LogP contribution in [0.3, 0.4) is 0 Å². The fourth-order valence-electron chi connectivity index (χ4n) is 5.32. The minimum absolute atomic E-state index is 0.0387. The number of fused-ring (bicyclic) bond motifs is 3. The van der Waals surface area contributed by atoms with Crippen molar-refractivity contribution in [1.29, 1.82) is 0 Å². The number of ether oxygens (including phenoxy) is 1. The second kappa shape index (κ2) is 7.05. The number of nitrogens with zero attached hydrogens (tertiary/aromatic N) is 1. The Kier molecular flexibility index (Phi) is 3.55. The highest BCUT2D eigenvalue weighted by molar-refractivity contribution is 8.03. The molecule has 5 aliphatic rings. The van der Waals surface area contributed by atoms with Crippen LogP contribution in [-0.4, -0.2) is 29.8 Å². The topological polar surface area (TPSA) is 33.6 Å². The molecule has 4 aliphatic heterocycles. The number of rotatable bonds is 2. The van der Waals surface area contributed by atoms with E-state index in [1.807, 2.05) is 26.8 Å². The number of dihydropyridines is 1. The number of allylic oxidation sites excluding steroid dienone is 2. The highest BCUT2D eigenvalue weighted by Crippen LogP contribution is 2.50. The smallest absolute Gasteiger partial charge is 0.196 e. The van der Waals surface area contributed by atoms with E-state index in [4.69, 9.17) is 11.6 Å². The zero-order chi connectivity index (χ0) is 23.8. The van der Waals surface area contributed by atoms with Gasteiger partial charge in [0, 0.05) is 42.2 Å². The Labute approximate surface area is 181 Å². The molecule has 3 unspecified atom stereocenters. The van der Waals surface area contributed by atoms with Crippen molar-refractivity contribution in [3.8, 4) is 0 Å². The van der Waals surface area contributed by atoms with Crippen LogP contribution in [-0.2, 0) is 4.74 Å². The largest absolute Gasteiger partial charge is 0.472 e. The molecule has 0 saturated carbocycles. The minimum atomic E-state index is -2.21. The lowest BCUT2D eigenvalue weighted by Gasteiger charge is -2.32. The molecule has 5 rings (SSSR count). The Balaban J connectivity index is 1.35. The van der Waals surface area contributed by atoms with Crippen molar-refractivity contribution in [3.05, 3.63) is 34.0 Å². The summed E-state index contributed by atoms with van der Waals surface area (Å²) >= 11 is 1.75. The molecule has 4 heterocycles. The lowest BCUT2D eigenvalue weighted by atomic mass is 9.78. The molecule has 0 aromatic carbocycles. The van der Waals surface area contributed by atoms with Crippen molar-refractivity contribution in [2.75, 3.05) is 6.54 Å². The van der Waals surface area contributed by atoms with Crippen LogP contribution in [0.2, 0.25) is 0 Å². The van der Waals surface area contributed by atoms with Crippen LogP contribution >= 0.6 is 11.8 Å². The molecular formula is C24H34N2OS. The molecule has 0 bridgehead atoms. The van der Waals surface area contributed by atoms with Gasteiger partial charge in [-0.05, 0) is 72.9 Å². The van der Waals surface area contributed by atoms with Gasteiger partial charge in [0.05, 0.1) is 0 Å². The summed E-state index contributed by atoms with van der Waals surface area (Å²) in [4.78, 5) is 5.82. The first-order valence-electron chi connectivity index (χ1n) is 13.1. The molecule has 0 spiro atoms. The van der Waals surface area contributed by atoms with Crippen molar-refractivity contribution < 1.29 is 11.6 Å². The molecule has 152 valence electrons. The maximum atomic E-state index is 8.73. The van der Waals surface area contributed by atoms with Gasteiger partial charge in [0.15, 0.2) is 6.23 Å². The molecule has 4 heteroatoms. The van der Waals surface area contributed by atoms with Gasteiger partial charge >= 0.3 is 0 Å².